The van der Waals surface area contributed by atoms with E-state index in [1.165, 1.54) is 16.9 Å². The quantitative estimate of drug-likeness (QED) is 0.650. The van der Waals surface area contributed by atoms with E-state index in [0.717, 1.165) is 5.56 Å². The molecule has 1 aromatic heterocycles. The molecule has 0 fully saturated rings. The molecule has 6 heteroatoms. The summed E-state index contributed by atoms with van der Waals surface area (Å²) < 4.78 is 7.60. The molecule has 3 aromatic rings. The third-order valence-electron chi connectivity index (χ3n) is 3.80. The molecule has 0 spiro atoms. The maximum Gasteiger partial charge on any atom is 0.289 e. The minimum Gasteiger partial charge on any atom is -0.481 e. The number of nitrogens with zero attached hydrogens (tertiary/aromatic N) is 2. The fourth-order valence-electron chi connectivity index (χ4n) is 2.38. The Morgan fingerprint density at radius 3 is 2.77 bits per heavy atom. The Bertz CT molecular complexity index is 960. The second kappa shape index (κ2) is 8.34. The van der Waals surface area contributed by atoms with E-state index in [1.54, 1.807) is 31.2 Å². The molecule has 26 heavy (non-hydrogen) atoms. The largest absolute Gasteiger partial charge is 0.481 e. The highest BCUT2D eigenvalue weighted by Gasteiger charge is 2.14. The molecule has 0 aliphatic rings. The van der Waals surface area contributed by atoms with Crippen LogP contribution in [0.5, 0.6) is 5.75 Å². The van der Waals surface area contributed by atoms with E-state index in [9.17, 15) is 4.79 Å². The monoisotopic (exact) mass is 386 g/mol. The number of ether oxygens (including phenoxy) is 1. The highest BCUT2D eigenvalue weighted by molar-refractivity contribution is 7.07. The summed E-state index contributed by atoms with van der Waals surface area (Å²) in [6.07, 6.45) is 1.24. The first-order valence-corrected chi connectivity index (χ1v) is 9.47. The number of carbonyl (C=O) groups is 1. The van der Waals surface area contributed by atoms with Crippen LogP contribution < -0.4 is 9.54 Å². The van der Waals surface area contributed by atoms with Crippen LogP contribution in [0.3, 0.4) is 0 Å². The van der Waals surface area contributed by atoms with E-state index in [0.29, 0.717) is 22.1 Å². The van der Waals surface area contributed by atoms with Crippen LogP contribution in [0.1, 0.15) is 18.1 Å². The summed E-state index contributed by atoms with van der Waals surface area (Å²) in [5, 5.41) is 2.48. The number of halogens is 1. The molecular weight excluding hydrogens is 368 g/mol. The minimum absolute atomic E-state index is 0.329. The SMILES string of the molecule is Cc1ccc(Cn2ccsc2=NC(=O)[C@H](C)Oc2cccc(Cl)c2)cc1. The van der Waals surface area contributed by atoms with Crippen LogP contribution in [0.25, 0.3) is 0 Å². The summed E-state index contributed by atoms with van der Waals surface area (Å²) in [4.78, 5) is 17.3. The van der Waals surface area contributed by atoms with Crippen molar-refractivity contribution >= 4 is 28.8 Å². The van der Waals surface area contributed by atoms with Gasteiger partial charge in [0.2, 0.25) is 0 Å². The lowest BCUT2D eigenvalue weighted by Crippen LogP contribution is -2.26. The van der Waals surface area contributed by atoms with Crippen molar-refractivity contribution in [2.24, 2.45) is 4.99 Å². The lowest BCUT2D eigenvalue weighted by atomic mass is 10.1. The molecule has 0 saturated carbocycles. The van der Waals surface area contributed by atoms with Crippen molar-refractivity contribution in [1.82, 2.24) is 4.57 Å². The summed E-state index contributed by atoms with van der Waals surface area (Å²) in [6.45, 7) is 4.41. The highest BCUT2D eigenvalue weighted by Crippen LogP contribution is 2.18. The number of thiazole rings is 1. The Kier molecular flexibility index (Phi) is 5.91. The van der Waals surface area contributed by atoms with Gasteiger partial charge in [0.15, 0.2) is 10.9 Å². The predicted octanol–water partition coefficient (Wildman–Crippen LogP) is 4.45. The van der Waals surface area contributed by atoms with E-state index < -0.39 is 6.10 Å². The van der Waals surface area contributed by atoms with Crippen molar-refractivity contribution in [3.63, 3.8) is 0 Å². The number of hydrogen-bond acceptors (Lipinski definition) is 3. The van der Waals surface area contributed by atoms with Gasteiger partial charge in [-0.3, -0.25) is 4.79 Å². The molecule has 1 heterocycles. The Morgan fingerprint density at radius 2 is 2.04 bits per heavy atom. The van der Waals surface area contributed by atoms with Gasteiger partial charge in [-0.25, -0.2) is 0 Å². The van der Waals surface area contributed by atoms with Crippen LogP contribution in [0.15, 0.2) is 65.1 Å². The second-order valence-electron chi connectivity index (χ2n) is 5.97. The van der Waals surface area contributed by atoms with E-state index in [4.69, 9.17) is 16.3 Å². The van der Waals surface area contributed by atoms with E-state index >= 15 is 0 Å². The third kappa shape index (κ3) is 4.84. The van der Waals surface area contributed by atoms with Crippen LogP contribution >= 0.6 is 22.9 Å². The summed E-state index contributed by atoms with van der Waals surface area (Å²) in [6, 6.07) is 15.3. The van der Waals surface area contributed by atoms with Gasteiger partial charge in [-0.2, -0.15) is 4.99 Å². The van der Waals surface area contributed by atoms with E-state index in [2.05, 4.69) is 36.2 Å². The number of aromatic nitrogens is 1. The number of benzene rings is 2. The first-order chi connectivity index (χ1) is 12.5. The zero-order chi connectivity index (χ0) is 18.5. The van der Waals surface area contributed by atoms with Crippen molar-refractivity contribution in [3.05, 3.63) is 81.1 Å². The molecular formula is C20H19ClN2O2S. The fourth-order valence-corrected chi connectivity index (χ4v) is 3.29. The van der Waals surface area contributed by atoms with Gasteiger partial charge in [0.25, 0.3) is 5.91 Å². The Hall–Kier alpha value is -2.37. The molecule has 0 unspecified atom stereocenters. The van der Waals surface area contributed by atoms with Gasteiger partial charge in [0, 0.05) is 23.1 Å². The molecule has 3 rings (SSSR count). The topological polar surface area (TPSA) is 43.6 Å². The summed E-state index contributed by atoms with van der Waals surface area (Å²) in [5.41, 5.74) is 2.38. The van der Waals surface area contributed by atoms with Gasteiger partial charge in [-0.05, 0) is 37.6 Å². The van der Waals surface area contributed by atoms with Crippen molar-refractivity contribution in [1.29, 1.82) is 0 Å². The van der Waals surface area contributed by atoms with E-state index in [-0.39, 0.29) is 5.91 Å². The first-order valence-electron chi connectivity index (χ1n) is 8.21. The molecule has 0 bridgehead atoms. The predicted molar refractivity (Wildman–Crippen MR) is 105 cm³/mol. The number of amides is 1. The molecule has 1 atom stereocenters. The van der Waals surface area contributed by atoms with Gasteiger partial charge in [-0.1, -0.05) is 47.5 Å². The number of hydrogen-bond donors (Lipinski definition) is 0. The first kappa shape index (κ1) is 18.4. The molecule has 2 aromatic carbocycles. The average Bonchev–Trinajstić information content (AvgIpc) is 3.03. The van der Waals surface area contributed by atoms with Gasteiger partial charge in [0.05, 0.1) is 0 Å². The van der Waals surface area contributed by atoms with Gasteiger partial charge in [0.1, 0.15) is 5.75 Å². The van der Waals surface area contributed by atoms with Crippen LogP contribution in [-0.4, -0.2) is 16.6 Å². The number of carbonyl (C=O) groups excluding carboxylic acids is 1. The highest BCUT2D eigenvalue weighted by atomic mass is 35.5. The van der Waals surface area contributed by atoms with Crippen molar-refractivity contribution in [2.45, 2.75) is 26.5 Å². The summed E-state index contributed by atoms with van der Waals surface area (Å²) in [7, 11) is 0. The zero-order valence-corrected chi connectivity index (χ0v) is 16.1. The average molecular weight is 387 g/mol. The van der Waals surface area contributed by atoms with Crippen molar-refractivity contribution < 1.29 is 9.53 Å². The Balaban J connectivity index is 1.74. The minimum atomic E-state index is -0.691. The molecule has 0 aliphatic carbocycles. The zero-order valence-electron chi connectivity index (χ0n) is 14.6. The van der Waals surface area contributed by atoms with Crippen LogP contribution in [0.4, 0.5) is 0 Å². The number of rotatable bonds is 5. The van der Waals surface area contributed by atoms with Crippen LogP contribution in [0, 0.1) is 6.92 Å². The number of aryl methyl sites for hydroxylation is 1. The maximum absolute atomic E-state index is 12.4. The van der Waals surface area contributed by atoms with Crippen LogP contribution in [-0.2, 0) is 11.3 Å². The molecule has 0 aliphatic heterocycles. The van der Waals surface area contributed by atoms with Gasteiger partial charge in [-0.15, -0.1) is 11.3 Å². The maximum atomic E-state index is 12.4. The smallest absolute Gasteiger partial charge is 0.289 e. The third-order valence-corrected chi connectivity index (χ3v) is 4.83. The van der Waals surface area contributed by atoms with Crippen LogP contribution in [0.2, 0.25) is 5.02 Å². The van der Waals surface area contributed by atoms with E-state index in [1.807, 2.05) is 16.1 Å². The fraction of sp³-hybridized carbons (Fsp3) is 0.200. The lowest BCUT2D eigenvalue weighted by molar-refractivity contribution is -0.124. The normalized spacial score (nSPS) is 12.8. The van der Waals surface area contributed by atoms with Gasteiger partial charge >= 0.3 is 0 Å². The van der Waals surface area contributed by atoms with Gasteiger partial charge < -0.3 is 9.30 Å². The summed E-state index contributed by atoms with van der Waals surface area (Å²) >= 11 is 7.37. The Labute approximate surface area is 161 Å². The Morgan fingerprint density at radius 1 is 1.27 bits per heavy atom. The van der Waals surface area contributed by atoms with Crippen molar-refractivity contribution in [3.8, 4) is 5.75 Å². The molecule has 1 amide bonds. The van der Waals surface area contributed by atoms with Crippen molar-refractivity contribution in [2.75, 3.05) is 0 Å². The molecule has 0 saturated heterocycles. The lowest BCUT2D eigenvalue weighted by Gasteiger charge is -2.11. The molecule has 0 radical (unpaired) electrons. The molecule has 134 valence electrons. The summed E-state index contributed by atoms with van der Waals surface area (Å²) in [5.74, 6) is 0.220. The molecule has 0 N–H and O–H groups in total. The second-order valence-corrected chi connectivity index (χ2v) is 7.28. The molecule has 4 nitrogen and oxygen atoms in total. The standard InChI is InChI=1S/C20H19ClN2O2S/c1-14-6-8-16(9-7-14)13-23-10-11-26-20(23)22-19(24)15(2)25-18-5-3-4-17(21)12-18/h3-12,15H,13H2,1-2H3/t15-/m0/s1.